The summed E-state index contributed by atoms with van der Waals surface area (Å²) in [6.45, 7) is 5.83. The number of alkyl halides is 3. The first-order valence-electron chi connectivity index (χ1n) is 5.76. The minimum atomic E-state index is -4.54. The van der Waals surface area contributed by atoms with E-state index in [9.17, 15) is 13.2 Å². The molecule has 0 aliphatic carbocycles. The van der Waals surface area contributed by atoms with E-state index < -0.39 is 6.36 Å². The Bertz CT molecular complexity index is 214. The normalized spacial score (nSPS) is 22.9. The second-order valence-electron chi connectivity index (χ2n) is 3.88. The second kappa shape index (κ2) is 7.15. The molecule has 0 aromatic rings. The van der Waals surface area contributed by atoms with Crippen LogP contribution in [-0.2, 0) is 9.47 Å². The van der Waals surface area contributed by atoms with Crippen molar-refractivity contribution in [1.29, 1.82) is 0 Å². The zero-order valence-corrected chi connectivity index (χ0v) is 9.92. The number of nitrogens with one attached hydrogen (secondary N) is 1. The van der Waals surface area contributed by atoms with Gasteiger partial charge in [0.1, 0.15) is 0 Å². The lowest BCUT2D eigenvalue weighted by Crippen LogP contribution is -2.46. The molecule has 1 N–H and O–H groups in total. The molecule has 1 aliphatic heterocycles. The highest BCUT2D eigenvalue weighted by Gasteiger charge is 2.28. The molecule has 1 unspecified atom stereocenters. The largest absolute Gasteiger partial charge is 0.522 e. The van der Waals surface area contributed by atoms with E-state index in [4.69, 9.17) is 4.74 Å². The molecule has 17 heavy (non-hydrogen) atoms. The van der Waals surface area contributed by atoms with Crippen LogP contribution >= 0.6 is 0 Å². The molecule has 7 heteroatoms. The number of morpholine rings is 1. The SMILES string of the molecule is CCN1CCOC(CNCCOC(F)(F)F)C1. The van der Waals surface area contributed by atoms with Gasteiger partial charge in [0.15, 0.2) is 0 Å². The number of halogens is 3. The van der Waals surface area contributed by atoms with Crippen LogP contribution in [0.5, 0.6) is 0 Å². The monoisotopic (exact) mass is 256 g/mol. The first-order chi connectivity index (χ1) is 8.01. The van der Waals surface area contributed by atoms with Gasteiger partial charge in [-0.3, -0.25) is 9.64 Å². The molecular formula is C10H19F3N2O2. The van der Waals surface area contributed by atoms with Crippen molar-refractivity contribution < 1.29 is 22.6 Å². The van der Waals surface area contributed by atoms with Gasteiger partial charge in [0.2, 0.25) is 0 Å². The molecule has 4 nitrogen and oxygen atoms in total. The van der Waals surface area contributed by atoms with Crippen molar-refractivity contribution >= 4 is 0 Å². The van der Waals surface area contributed by atoms with E-state index in [-0.39, 0.29) is 19.3 Å². The number of rotatable bonds is 6. The van der Waals surface area contributed by atoms with Crippen molar-refractivity contribution in [2.45, 2.75) is 19.4 Å². The molecule has 0 radical (unpaired) electrons. The van der Waals surface area contributed by atoms with Crippen LogP contribution in [0.15, 0.2) is 0 Å². The summed E-state index contributed by atoms with van der Waals surface area (Å²) in [5.74, 6) is 0. The summed E-state index contributed by atoms with van der Waals surface area (Å²) in [7, 11) is 0. The Hall–Kier alpha value is -0.370. The number of nitrogens with zero attached hydrogens (tertiary/aromatic N) is 1. The van der Waals surface area contributed by atoms with Crippen molar-refractivity contribution in [3.8, 4) is 0 Å². The Balaban J connectivity index is 2.02. The Morgan fingerprint density at radius 2 is 2.24 bits per heavy atom. The molecule has 1 saturated heterocycles. The highest BCUT2D eigenvalue weighted by Crippen LogP contribution is 2.15. The van der Waals surface area contributed by atoms with Crippen LogP contribution in [0.3, 0.4) is 0 Å². The fourth-order valence-corrected chi connectivity index (χ4v) is 1.69. The van der Waals surface area contributed by atoms with Gasteiger partial charge in [0, 0.05) is 26.2 Å². The fourth-order valence-electron chi connectivity index (χ4n) is 1.69. The summed E-state index contributed by atoms with van der Waals surface area (Å²) in [6.07, 6.45) is -4.49. The number of ether oxygens (including phenoxy) is 2. The smallest absolute Gasteiger partial charge is 0.374 e. The van der Waals surface area contributed by atoms with Gasteiger partial charge >= 0.3 is 6.36 Å². The van der Waals surface area contributed by atoms with Crippen molar-refractivity contribution in [3.63, 3.8) is 0 Å². The molecule has 0 aromatic carbocycles. The Morgan fingerprint density at radius 1 is 1.47 bits per heavy atom. The topological polar surface area (TPSA) is 33.7 Å². The molecule has 1 fully saturated rings. The lowest BCUT2D eigenvalue weighted by atomic mass is 10.2. The Morgan fingerprint density at radius 3 is 2.88 bits per heavy atom. The van der Waals surface area contributed by atoms with Crippen molar-refractivity contribution in [2.24, 2.45) is 0 Å². The maximum Gasteiger partial charge on any atom is 0.522 e. The third-order valence-electron chi connectivity index (χ3n) is 2.59. The standard InChI is InChI=1S/C10H19F3N2O2/c1-2-15-4-6-16-9(8-15)7-14-3-5-17-10(11,12)13/h9,14H,2-8H2,1H3. The van der Waals surface area contributed by atoms with E-state index in [0.717, 1.165) is 19.6 Å². The average molecular weight is 256 g/mol. The van der Waals surface area contributed by atoms with Crippen molar-refractivity contribution in [3.05, 3.63) is 0 Å². The molecule has 0 bridgehead atoms. The van der Waals surface area contributed by atoms with Gasteiger partial charge in [0.05, 0.1) is 19.3 Å². The molecule has 1 rings (SSSR count). The zero-order valence-electron chi connectivity index (χ0n) is 9.92. The van der Waals surface area contributed by atoms with E-state index in [0.29, 0.717) is 13.2 Å². The third-order valence-corrected chi connectivity index (χ3v) is 2.59. The molecule has 102 valence electrons. The fraction of sp³-hybridized carbons (Fsp3) is 1.00. The number of likely N-dealkylation sites (N-methyl/N-ethyl adjacent to an activating group) is 1. The summed E-state index contributed by atoms with van der Waals surface area (Å²) >= 11 is 0. The summed E-state index contributed by atoms with van der Waals surface area (Å²) < 4.78 is 44.1. The molecule has 0 spiro atoms. The molecule has 1 atom stereocenters. The lowest BCUT2D eigenvalue weighted by molar-refractivity contribution is -0.323. The maximum atomic E-state index is 11.7. The van der Waals surface area contributed by atoms with Crippen LogP contribution < -0.4 is 5.32 Å². The summed E-state index contributed by atoms with van der Waals surface area (Å²) in [5.41, 5.74) is 0. The van der Waals surface area contributed by atoms with E-state index in [1.807, 2.05) is 0 Å². The number of hydrogen-bond donors (Lipinski definition) is 1. The minimum Gasteiger partial charge on any atom is -0.374 e. The van der Waals surface area contributed by atoms with Crippen LogP contribution in [0, 0.1) is 0 Å². The Labute approximate surface area is 99.1 Å². The van der Waals surface area contributed by atoms with Gasteiger partial charge in [-0.2, -0.15) is 0 Å². The van der Waals surface area contributed by atoms with Crippen LogP contribution in [0.1, 0.15) is 6.92 Å². The van der Waals surface area contributed by atoms with Gasteiger partial charge < -0.3 is 10.1 Å². The second-order valence-corrected chi connectivity index (χ2v) is 3.88. The van der Waals surface area contributed by atoms with E-state index in [1.54, 1.807) is 0 Å². The highest BCUT2D eigenvalue weighted by molar-refractivity contribution is 4.72. The van der Waals surface area contributed by atoms with Crippen molar-refractivity contribution in [2.75, 3.05) is 45.9 Å². The molecule has 0 saturated carbocycles. The van der Waals surface area contributed by atoms with Gasteiger partial charge in [-0.05, 0) is 6.54 Å². The number of hydrogen-bond acceptors (Lipinski definition) is 4. The Kier molecular flexibility index (Phi) is 6.18. The first-order valence-corrected chi connectivity index (χ1v) is 5.76. The van der Waals surface area contributed by atoms with Crippen LogP contribution in [-0.4, -0.2) is 63.3 Å². The summed E-state index contributed by atoms with van der Waals surface area (Å²) in [4.78, 5) is 2.25. The quantitative estimate of drug-likeness (QED) is 0.714. The van der Waals surface area contributed by atoms with Crippen LogP contribution in [0.25, 0.3) is 0 Å². The average Bonchev–Trinajstić information content (AvgIpc) is 2.27. The lowest BCUT2D eigenvalue weighted by Gasteiger charge is -2.32. The zero-order chi connectivity index (χ0) is 12.7. The highest BCUT2D eigenvalue weighted by atomic mass is 19.4. The summed E-state index contributed by atoms with van der Waals surface area (Å²) in [6, 6.07) is 0. The van der Waals surface area contributed by atoms with E-state index in [2.05, 4.69) is 21.9 Å². The molecule has 1 heterocycles. The molecule has 0 amide bonds. The summed E-state index contributed by atoms with van der Waals surface area (Å²) in [5, 5.41) is 2.90. The predicted octanol–water partition coefficient (Wildman–Crippen LogP) is 0.833. The molecule has 0 aromatic heterocycles. The van der Waals surface area contributed by atoms with Gasteiger partial charge in [-0.25, -0.2) is 0 Å². The molecular weight excluding hydrogens is 237 g/mol. The predicted molar refractivity (Wildman–Crippen MR) is 56.7 cm³/mol. The minimum absolute atomic E-state index is 0.0505. The van der Waals surface area contributed by atoms with E-state index >= 15 is 0 Å². The van der Waals surface area contributed by atoms with Crippen LogP contribution in [0.4, 0.5) is 13.2 Å². The maximum absolute atomic E-state index is 11.7. The third kappa shape index (κ3) is 6.82. The van der Waals surface area contributed by atoms with Gasteiger partial charge in [0.25, 0.3) is 0 Å². The van der Waals surface area contributed by atoms with Gasteiger partial charge in [-0.1, -0.05) is 6.92 Å². The van der Waals surface area contributed by atoms with Gasteiger partial charge in [-0.15, -0.1) is 13.2 Å². The van der Waals surface area contributed by atoms with Crippen LogP contribution in [0.2, 0.25) is 0 Å². The first kappa shape index (κ1) is 14.7. The van der Waals surface area contributed by atoms with E-state index in [1.165, 1.54) is 0 Å². The molecule has 1 aliphatic rings. The van der Waals surface area contributed by atoms with Crippen molar-refractivity contribution in [1.82, 2.24) is 10.2 Å².